The molecule has 0 unspecified atom stereocenters. The van der Waals surface area contributed by atoms with Crippen LogP contribution in [-0.2, 0) is 45.9 Å². The maximum atomic E-state index is 6.38. The molecular weight excluding hydrogens is 823 g/mol. The molecule has 0 heterocycles. The maximum absolute atomic E-state index is 6.38. The standard InChI is InChI=1S/C29H41.C21H12Cl2.C5H5.Zr/c1-26(2,3)22-14-18-13-19-15-23(27(4,5)6)25(29(10,11)12)17-21(19)20(18)16-24(22)28(7,8)9;22-18-10-14-5-1-3-7-20(14)16(12-18)9-17-13-19(23)11-15-6-2-4-8-21(15)17;1-2-4-5-3-1;/h13-17H,1-12H3;1-8,10-13H;1-3H,4H2;/q-1;;-1;+2. The van der Waals surface area contributed by atoms with Crippen molar-refractivity contribution in [2.75, 3.05) is 0 Å². The molecule has 296 valence electrons. The van der Waals surface area contributed by atoms with Gasteiger partial charge in [0, 0.05) is 0 Å². The minimum absolute atomic E-state index is 0.124. The van der Waals surface area contributed by atoms with E-state index in [2.05, 4.69) is 174 Å². The fourth-order valence-corrected chi connectivity index (χ4v) is 9.50. The molecule has 0 radical (unpaired) electrons. The van der Waals surface area contributed by atoms with Crippen LogP contribution >= 0.6 is 23.2 Å². The van der Waals surface area contributed by atoms with Gasteiger partial charge in [-0.3, -0.25) is 6.08 Å². The van der Waals surface area contributed by atoms with Crippen LogP contribution in [-0.4, -0.2) is 3.21 Å². The van der Waals surface area contributed by atoms with Crippen molar-refractivity contribution in [2.45, 2.75) is 111 Å². The van der Waals surface area contributed by atoms with E-state index < -0.39 is 0 Å². The Morgan fingerprint density at radius 3 is 1.22 bits per heavy atom. The van der Waals surface area contributed by atoms with Crippen molar-refractivity contribution in [1.82, 2.24) is 0 Å². The van der Waals surface area contributed by atoms with Crippen molar-refractivity contribution in [2.24, 2.45) is 0 Å². The van der Waals surface area contributed by atoms with E-state index in [1.165, 1.54) is 93.1 Å². The predicted octanol–water partition coefficient (Wildman–Crippen LogP) is 16.6. The summed E-state index contributed by atoms with van der Waals surface area (Å²) in [6, 6.07) is 37.2. The molecule has 0 N–H and O–H groups in total. The van der Waals surface area contributed by atoms with Crippen LogP contribution in [0, 0.1) is 6.08 Å². The quantitative estimate of drug-likeness (QED) is 0.152. The van der Waals surface area contributed by atoms with Crippen molar-refractivity contribution in [1.29, 1.82) is 0 Å². The van der Waals surface area contributed by atoms with Gasteiger partial charge >= 0.3 is 166 Å². The van der Waals surface area contributed by atoms with E-state index >= 15 is 0 Å². The summed E-state index contributed by atoms with van der Waals surface area (Å²) >= 11 is 14.1. The van der Waals surface area contributed by atoms with E-state index in [1.807, 2.05) is 36.4 Å². The zero-order valence-corrected chi connectivity index (χ0v) is 40.5. The number of fused-ring (bicyclic) bond motifs is 5. The van der Waals surface area contributed by atoms with Crippen LogP contribution in [0.5, 0.6) is 0 Å². The second-order valence-corrected chi connectivity index (χ2v) is 21.9. The number of allylic oxidation sites excluding steroid dienone is 4. The van der Waals surface area contributed by atoms with Crippen LogP contribution < -0.4 is 0 Å². The van der Waals surface area contributed by atoms with Gasteiger partial charge in [0.15, 0.2) is 0 Å². The van der Waals surface area contributed by atoms with Gasteiger partial charge in [0.05, 0.1) is 0 Å². The number of rotatable bonds is 2. The largest absolute Gasteiger partial charge is 0.273 e. The first-order valence-corrected chi connectivity index (χ1v) is 22.4. The summed E-state index contributed by atoms with van der Waals surface area (Å²) in [5.41, 5.74) is 8.77. The van der Waals surface area contributed by atoms with Gasteiger partial charge in [-0.25, -0.2) is 12.2 Å². The van der Waals surface area contributed by atoms with Crippen molar-refractivity contribution >= 4 is 69.5 Å². The molecule has 0 saturated heterocycles. The number of hydrogen-bond acceptors (Lipinski definition) is 0. The second kappa shape index (κ2) is 16.9. The van der Waals surface area contributed by atoms with Crippen LogP contribution in [0.1, 0.15) is 123 Å². The third-order valence-electron chi connectivity index (χ3n) is 11.0. The molecule has 0 aromatic heterocycles. The number of hydrogen-bond donors (Lipinski definition) is 0. The maximum Gasteiger partial charge on any atom is -0.109 e. The van der Waals surface area contributed by atoms with E-state index in [4.69, 9.17) is 23.2 Å². The molecule has 3 heteroatoms. The van der Waals surface area contributed by atoms with Gasteiger partial charge in [-0.05, 0) is 21.7 Å². The Balaban J connectivity index is 0.000000176. The Kier molecular flexibility index (Phi) is 12.8. The van der Waals surface area contributed by atoms with Gasteiger partial charge in [-0.1, -0.05) is 117 Å². The van der Waals surface area contributed by atoms with E-state index in [9.17, 15) is 0 Å². The van der Waals surface area contributed by atoms with Gasteiger partial charge in [0.25, 0.3) is 0 Å². The summed E-state index contributed by atoms with van der Waals surface area (Å²) in [4.78, 5) is 0. The first kappa shape index (κ1) is 44.1. The summed E-state index contributed by atoms with van der Waals surface area (Å²) in [6.07, 6.45) is 10.0. The molecule has 7 aromatic rings. The van der Waals surface area contributed by atoms with E-state index in [0.717, 1.165) is 27.2 Å². The summed E-state index contributed by atoms with van der Waals surface area (Å²) in [7, 11) is 0. The van der Waals surface area contributed by atoms with Crippen molar-refractivity contribution in [3.8, 4) is 0 Å². The molecule has 0 nitrogen and oxygen atoms in total. The summed E-state index contributed by atoms with van der Waals surface area (Å²) < 4.78 is 1.26. The molecule has 1 aliphatic rings. The molecular formula is C55H58Cl2Zr. The Labute approximate surface area is 373 Å². The average molecular weight is 881 g/mol. The van der Waals surface area contributed by atoms with Gasteiger partial charge in [0.2, 0.25) is 0 Å². The molecule has 0 aliphatic heterocycles. The predicted molar refractivity (Wildman–Crippen MR) is 255 cm³/mol. The van der Waals surface area contributed by atoms with Crippen LogP contribution in [0.2, 0.25) is 10.0 Å². The van der Waals surface area contributed by atoms with E-state index in [1.54, 1.807) is 0 Å². The number of benzene rings is 6. The molecule has 0 saturated carbocycles. The third-order valence-corrected chi connectivity index (χ3v) is 12.8. The second-order valence-electron chi connectivity index (χ2n) is 19.8. The topological polar surface area (TPSA) is 0 Å². The average Bonchev–Trinajstić information content (AvgIpc) is 3.84. The van der Waals surface area contributed by atoms with Gasteiger partial charge < -0.3 is 0 Å². The molecule has 8 rings (SSSR count). The Morgan fingerprint density at radius 1 is 0.517 bits per heavy atom. The molecule has 58 heavy (non-hydrogen) atoms. The molecule has 0 atom stereocenters. The fourth-order valence-electron chi connectivity index (χ4n) is 8.03. The minimum atomic E-state index is 0.124. The summed E-state index contributed by atoms with van der Waals surface area (Å²) in [5, 5.41) is 11.8. The van der Waals surface area contributed by atoms with Crippen molar-refractivity contribution in [3.63, 3.8) is 0 Å². The fraction of sp³-hybridized carbons (Fsp3) is 0.309. The first-order chi connectivity index (χ1) is 27.0. The van der Waals surface area contributed by atoms with E-state index in [0.29, 0.717) is 0 Å². The van der Waals surface area contributed by atoms with Crippen LogP contribution in [0.4, 0.5) is 0 Å². The first-order valence-electron chi connectivity index (χ1n) is 20.4. The molecule has 0 bridgehead atoms. The van der Waals surface area contributed by atoms with Crippen molar-refractivity contribution in [3.05, 3.63) is 171 Å². The zero-order chi connectivity index (χ0) is 42.4. The SMILES string of the molecule is CC(C)(C)c1cc2[cH-]c3cc(C(C)(C)C)c(C(C)(C)C)cc3c2cc1C(C)(C)C.Clc1cc([C](=[Zr+2])c2cc(Cl)cc3ccccc23)c2ccccc2c1.[C-]1=CC=CC1. The summed E-state index contributed by atoms with van der Waals surface area (Å²) in [6.45, 7) is 28.0. The van der Waals surface area contributed by atoms with Crippen LogP contribution in [0.15, 0.2) is 121 Å². The molecule has 0 fully saturated rings. The molecule has 7 aromatic carbocycles. The molecule has 1 aliphatic carbocycles. The molecule has 0 amide bonds. The monoisotopic (exact) mass is 878 g/mol. The van der Waals surface area contributed by atoms with Crippen LogP contribution in [0.25, 0.3) is 43.1 Å². The Bertz CT molecular complexity index is 2520. The Morgan fingerprint density at radius 2 is 0.897 bits per heavy atom. The van der Waals surface area contributed by atoms with Gasteiger partial charge in [-0.15, -0.1) is 46.2 Å². The van der Waals surface area contributed by atoms with Crippen LogP contribution in [0.3, 0.4) is 0 Å². The third kappa shape index (κ3) is 9.76. The normalized spacial score (nSPS) is 13.2. The zero-order valence-electron chi connectivity index (χ0n) is 36.5. The van der Waals surface area contributed by atoms with Gasteiger partial charge in [0.1, 0.15) is 0 Å². The molecule has 0 spiro atoms. The smallest absolute Gasteiger partial charge is 0.109 e. The number of halogens is 2. The summed E-state index contributed by atoms with van der Waals surface area (Å²) in [5.74, 6) is 0. The Hall–Kier alpha value is -3.48. The minimum Gasteiger partial charge on any atom is -0.273 e. The van der Waals surface area contributed by atoms with Crippen molar-refractivity contribution < 1.29 is 24.2 Å². The van der Waals surface area contributed by atoms with E-state index in [-0.39, 0.29) is 21.7 Å². The van der Waals surface area contributed by atoms with Gasteiger partial charge in [-0.2, -0.15) is 6.08 Å².